The van der Waals surface area contributed by atoms with Gasteiger partial charge in [0.25, 0.3) is 0 Å². The molecule has 0 aliphatic carbocycles. The third-order valence-electron chi connectivity index (χ3n) is 3.50. The van der Waals surface area contributed by atoms with E-state index in [0.29, 0.717) is 13.0 Å². The minimum atomic E-state index is -0.331. The number of amides is 1. The lowest BCUT2D eigenvalue weighted by Gasteiger charge is -2.30. The first-order valence-electron chi connectivity index (χ1n) is 6.66. The van der Waals surface area contributed by atoms with Crippen LogP contribution in [0, 0.1) is 6.92 Å². The molecule has 0 saturated carbocycles. The van der Waals surface area contributed by atoms with Gasteiger partial charge in [0.15, 0.2) is 0 Å². The molecule has 3 nitrogen and oxygen atoms in total. The Morgan fingerprint density at radius 1 is 1.39 bits per heavy atom. The average molecular weight is 247 g/mol. The predicted molar refractivity (Wildman–Crippen MR) is 71.3 cm³/mol. The third kappa shape index (κ3) is 3.57. The molecular formula is C15H21NO2. The van der Waals surface area contributed by atoms with Crippen LogP contribution in [-0.4, -0.2) is 35.1 Å². The van der Waals surface area contributed by atoms with Crippen LogP contribution in [0.15, 0.2) is 24.3 Å². The number of rotatable bonds is 3. The predicted octanol–water partition coefficient (Wildman–Crippen LogP) is 1.91. The second-order valence-electron chi connectivity index (χ2n) is 5.12. The van der Waals surface area contributed by atoms with E-state index in [-0.39, 0.29) is 12.0 Å². The highest BCUT2D eigenvalue weighted by Crippen LogP contribution is 2.12. The van der Waals surface area contributed by atoms with Crippen molar-refractivity contribution in [3.63, 3.8) is 0 Å². The van der Waals surface area contributed by atoms with Crippen LogP contribution in [0.1, 0.15) is 30.4 Å². The molecule has 1 aromatic rings. The Hall–Kier alpha value is -1.35. The fourth-order valence-electron chi connectivity index (χ4n) is 2.35. The number of hydrogen-bond donors (Lipinski definition) is 1. The van der Waals surface area contributed by atoms with Gasteiger partial charge in [0.2, 0.25) is 5.91 Å². The molecule has 1 aromatic carbocycles. The van der Waals surface area contributed by atoms with Crippen molar-refractivity contribution in [2.24, 2.45) is 0 Å². The van der Waals surface area contributed by atoms with Crippen LogP contribution in [0.2, 0.25) is 0 Å². The van der Waals surface area contributed by atoms with Gasteiger partial charge in [-0.05, 0) is 31.7 Å². The SMILES string of the molecule is Cc1ccc(CCC(=O)N2CCC[C@H](O)C2)cc1. The fourth-order valence-corrected chi connectivity index (χ4v) is 2.35. The lowest BCUT2D eigenvalue weighted by molar-refractivity contribution is -0.134. The zero-order valence-electron chi connectivity index (χ0n) is 10.9. The molecule has 1 atom stereocenters. The monoisotopic (exact) mass is 247 g/mol. The molecule has 1 aliphatic heterocycles. The summed E-state index contributed by atoms with van der Waals surface area (Å²) in [5, 5.41) is 9.55. The molecule has 1 N–H and O–H groups in total. The molecule has 0 unspecified atom stereocenters. The smallest absolute Gasteiger partial charge is 0.222 e. The first kappa shape index (κ1) is 13.1. The molecule has 1 heterocycles. The van der Waals surface area contributed by atoms with Gasteiger partial charge in [-0.1, -0.05) is 29.8 Å². The Labute approximate surface area is 108 Å². The van der Waals surface area contributed by atoms with Crippen LogP contribution in [-0.2, 0) is 11.2 Å². The second-order valence-corrected chi connectivity index (χ2v) is 5.12. The molecule has 0 aromatic heterocycles. The summed E-state index contributed by atoms with van der Waals surface area (Å²) in [6, 6.07) is 8.30. The van der Waals surface area contributed by atoms with Crippen molar-refractivity contribution in [1.29, 1.82) is 0 Å². The van der Waals surface area contributed by atoms with Gasteiger partial charge in [0, 0.05) is 19.5 Å². The number of aliphatic hydroxyl groups excluding tert-OH is 1. The maximum Gasteiger partial charge on any atom is 0.222 e. The first-order valence-corrected chi connectivity index (χ1v) is 6.66. The van der Waals surface area contributed by atoms with Crippen LogP contribution in [0.25, 0.3) is 0 Å². The average Bonchev–Trinajstić information content (AvgIpc) is 2.38. The summed E-state index contributed by atoms with van der Waals surface area (Å²) in [5.74, 6) is 0.161. The van der Waals surface area contributed by atoms with Crippen LogP contribution >= 0.6 is 0 Å². The number of likely N-dealkylation sites (tertiary alicyclic amines) is 1. The lowest BCUT2D eigenvalue weighted by atomic mass is 10.1. The summed E-state index contributed by atoms with van der Waals surface area (Å²) >= 11 is 0. The van der Waals surface area contributed by atoms with E-state index in [4.69, 9.17) is 0 Å². The van der Waals surface area contributed by atoms with E-state index >= 15 is 0 Å². The summed E-state index contributed by atoms with van der Waals surface area (Å²) < 4.78 is 0. The summed E-state index contributed by atoms with van der Waals surface area (Å²) in [7, 11) is 0. The van der Waals surface area contributed by atoms with Crippen molar-refractivity contribution in [1.82, 2.24) is 4.90 Å². The normalized spacial score (nSPS) is 19.9. The van der Waals surface area contributed by atoms with E-state index in [2.05, 4.69) is 31.2 Å². The van der Waals surface area contributed by atoms with Crippen LogP contribution in [0.4, 0.5) is 0 Å². The van der Waals surface area contributed by atoms with E-state index < -0.39 is 0 Å². The van der Waals surface area contributed by atoms with E-state index in [1.807, 2.05) is 0 Å². The molecular weight excluding hydrogens is 226 g/mol. The van der Waals surface area contributed by atoms with Crippen molar-refractivity contribution in [3.8, 4) is 0 Å². The Morgan fingerprint density at radius 2 is 2.11 bits per heavy atom. The van der Waals surface area contributed by atoms with Crippen LogP contribution in [0.5, 0.6) is 0 Å². The zero-order valence-corrected chi connectivity index (χ0v) is 10.9. The quantitative estimate of drug-likeness (QED) is 0.886. The fraction of sp³-hybridized carbons (Fsp3) is 0.533. The van der Waals surface area contributed by atoms with Gasteiger partial charge in [-0.25, -0.2) is 0 Å². The molecule has 18 heavy (non-hydrogen) atoms. The number of β-amino-alcohol motifs (C(OH)–C–C–N with tert-alkyl or cyclic N) is 1. The van der Waals surface area contributed by atoms with Crippen LogP contribution in [0.3, 0.4) is 0 Å². The van der Waals surface area contributed by atoms with Crippen molar-refractivity contribution in [3.05, 3.63) is 35.4 Å². The summed E-state index contributed by atoms with van der Waals surface area (Å²) in [6.45, 7) is 3.36. The van der Waals surface area contributed by atoms with Crippen molar-refractivity contribution in [2.75, 3.05) is 13.1 Å². The zero-order chi connectivity index (χ0) is 13.0. The van der Waals surface area contributed by atoms with Crippen molar-refractivity contribution in [2.45, 2.75) is 38.7 Å². The topological polar surface area (TPSA) is 40.5 Å². The first-order chi connectivity index (χ1) is 8.65. The molecule has 1 amide bonds. The van der Waals surface area contributed by atoms with Crippen molar-refractivity contribution < 1.29 is 9.90 Å². The number of carbonyl (C=O) groups excluding carboxylic acids is 1. The highest BCUT2D eigenvalue weighted by atomic mass is 16.3. The minimum Gasteiger partial charge on any atom is -0.391 e. The van der Waals surface area contributed by atoms with Crippen molar-refractivity contribution >= 4 is 5.91 Å². The van der Waals surface area contributed by atoms with Gasteiger partial charge in [-0.3, -0.25) is 4.79 Å². The minimum absolute atomic E-state index is 0.161. The standard InChI is InChI=1S/C15H21NO2/c1-12-4-6-13(7-5-12)8-9-15(18)16-10-2-3-14(17)11-16/h4-7,14,17H,2-3,8-11H2,1H3/t14-/m0/s1. The Bertz CT molecular complexity index is 399. The summed E-state index contributed by atoms with van der Waals surface area (Å²) in [5.41, 5.74) is 2.44. The number of carbonyl (C=O) groups is 1. The molecule has 0 spiro atoms. The molecule has 98 valence electrons. The number of aryl methyl sites for hydroxylation is 2. The van der Waals surface area contributed by atoms with Gasteiger partial charge in [0.1, 0.15) is 0 Å². The maximum absolute atomic E-state index is 12.0. The number of benzene rings is 1. The molecule has 1 aliphatic rings. The molecule has 3 heteroatoms. The number of piperidine rings is 1. The Kier molecular flexibility index (Phi) is 4.37. The van der Waals surface area contributed by atoms with E-state index in [0.717, 1.165) is 25.8 Å². The van der Waals surface area contributed by atoms with E-state index in [1.165, 1.54) is 11.1 Å². The molecule has 1 fully saturated rings. The summed E-state index contributed by atoms with van der Waals surface area (Å²) in [4.78, 5) is 13.8. The van der Waals surface area contributed by atoms with Gasteiger partial charge < -0.3 is 10.0 Å². The maximum atomic E-state index is 12.0. The largest absolute Gasteiger partial charge is 0.391 e. The molecule has 2 rings (SSSR count). The van der Waals surface area contributed by atoms with Crippen LogP contribution < -0.4 is 0 Å². The molecule has 1 saturated heterocycles. The molecule has 0 radical (unpaired) electrons. The van der Waals surface area contributed by atoms with E-state index in [9.17, 15) is 9.90 Å². The van der Waals surface area contributed by atoms with Gasteiger partial charge in [0.05, 0.1) is 6.10 Å². The molecule has 0 bridgehead atoms. The van der Waals surface area contributed by atoms with Gasteiger partial charge in [-0.15, -0.1) is 0 Å². The summed E-state index contributed by atoms with van der Waals surface area (Å²) in [6.07, 6.45) is 2.72. The van der Waals surface area contributed by atoms with E-state index in [1.54, 1.807) is 4.90 Å². The Morgan fingerprint density at radius 3 is 2.78 bits per heavy atom. The van der Waals surface area contributed by atoms with Gasteiger partial charge in [-0.2, -0.15) is 0 Å². The second kappa shape index (κ2) is 6.01. The number of nitrogens with zero attached hydrogens (tertiary/aromatic N) is 1. The highest BCUT2D eigenvalue weighted by molar-refractivity contribution is 5.76. The number of aliphatic hydroxyl groups is 1. The van der Waals surface area contributed by atoms with Gasteiger partial charge >= 0.3 is 0 Å². The lowest BCUT2D eigenvalue weighted by Crippen LogP contribution is -2.42. The third-order valence-corrected chi connectivity index (χ3v) is 3.50. The highest BCUT2D eigenvalue weighted by Gasteiger charge is 2.21. The Balaban J connectivity index is 1.82. The number of hydrogen-bond acceptors (Lipinski definition) is 2.